The van der Waals surface area contributed by atoms with Gasteiger partial charge in [0.05, 0.1) is 0 Å². The van der Waals surface area contributed by atoms with E-state index in [2.05, 4.69) is 10.6 Å². The van der Waals surface area contributed by atoms with Crippen molar-refractivity contribution in [2.24, 2.45) is 0 Å². The van der Waals surface area contributed by atoms with Crippen molar-refractivity contribution >= 4 is 6.03 Å². The summed E-state index contributed by atoms with van der Waals surface area (Å²) in [5, 5.41) is 5.89. The highest BCUT2D eigenvalue weighted by atomic mass is 16.2. The molecule has 1 aliphatic heterocycles. The smallest absolute Gasteiger partial charge is 0.315 e. The van der Waals surface area contributed by atoms with Gasteiger partial charge in [0.25, 0.3) is 0 Å². The average Bonchev–Trinajstić information content (AvgIpc) is 2.05. The first-order valence-electron chi connectivity index (χ1n) is 4.87. The maximum Gasteiger partial charge on any atom is 0.315 e. The SMILES string of the molecule is O=C1NCCC2(CCCCC2)N1. The van der Waals surface area contributed by atoms with Gasteiger partial charge >= 0.3 is 6.03 Å². The third-order valence-corrected chi connectivity index (χ3v) is 3.08. The Labute approximate surface area is 72.9 Å². The molecule has 2 rings (SSSR count). The van der Waals surface area contributed by atoms with Crippen molar-refractivity contribution in [1.29, 1.82) is 0 Å². The zero-order chi connectivity index (χ0) is 8.44. The maximum absolute atomic E-state index is 11.1. The van der Waals surface area contributed by atoms with E-state index < -0.39 is 0 Å². The Morgan fingerprint density at radius 1 is 1.08 bits per heavy atom. The van der Waals surface area contributed by atoms with E-state index in [1.165, 1.54) is 32.1 Å². The molecular weight excluding hydrogens is 152 g/mol. The molecule has 3 nitrogen and oxygen atoms in total. The number of carbonyl (C=O) groups excluding carboxylic acids is 1. The summed E-state index contributed by atoms with van der Waals surface area (Å²) in [5.74, 6) is 0. The van der Waals surface area contributed by atoms with Crippen LogP contribution in [0.1, 0.15) is 38.5 Å². The van der Waals surface area contributed by atoms with Crippen LogP contribution in [-0.2, 0) is 0 Å². The van der Waals surface area contributed by atoms with Crippen LogP contribution in [0.15, 0.2) is 0 Å². The largest absolute Gasteiger partial charge is 0.338 e. The molecule has 12 heavy (non-hydrogen) atoms. The van der Waals surface area contributed by atoms with Gasteiger partial charge in [-0.1, -0.05) is 19.3 Å². The number of urea groups is 1. The van der Waals surface area contributed by atoms with Crippen LogP contribution in [0.3, 0.4) is 0 Å². The van der Waals surface area contributed by atoms with Crippen molar-refractivity contribution in [2.75, 3.05) is 6.54 Å². The quantitative estimate of drug-likeness (QED) is 0.564. The predicted octanol–water partition coefficient (Wildman–Crippen LogP) is 1.39. The molecule has 3 heteroatoms. The van der Waals surface area contributed by atoms with Crippen LogP contribution < -0.4 is 10.6 Å². The zero-order valence-corrected chi connectivity index (χ0v) is 7.36. The Bertz CT molecular complexity index is 179. The molecule has 1 heterocycles. The van der Waals surface area contributed by atoms with Crippen LogP contribution in [0.5, 0.6) is 0 Å². The van der Waals surface area contributed by atoms with Gasteiger partial charge in [-0.2, -0.15) is 0 Å². The van der Waals surface area contributed by atoms with Gasteiger partial charge in [-0.15, -0.1) is 0 Å². The van der Waals surface area contributed by atoms with Crippen LogP contribution in [0, 0.1) is 0 Å². The van der Waals surface area contributed by atoms with E-state index in [9.17, 15) is 4.79 Å². The van der Waals surface area contributed by atoms with Gasteiger partial charge in [-0.05, 0) is 19.3 Å². The molecule has 2 N–H and O–H groups in total. The number of hydrogen-bond donors (Lipinski definition) is 2. The van der Waals surface area contributed by atoms with Crippen molar-refractivity contribution < 1.29 is 4.79 Å². The minimum absolute atomic E-state index is 0.0307. The molecule has 1 spiro atoms. The summed E-state index contributed by atoms with van der Waals surface area (Å²) >= 11 is 0. The van der Waals surface area contributed by atoms with Gasteiger partial charge in [-0.25, -0.2) is 4.79 Å². The van der Waals surface area contributed by atoms with Gasteiger partial charge in [0.1, 0.15) is 0 Å². The highest BCUT2D eigenvalue weighted by molar-refractivity contribution is 5.75. The summed E-state index contributed by atoms with van der Waals surface area (Å²) in [6.07, 6.45) is 7.37. The summed E-state index contributed by atoms with van der Waals surface area (Å²) in [7, 11) is 0. The summed E-state index contributed by atoms with van der Waals surface area (Å²) in [4.78, 5) is 11.1. The van der Waals surface area contributed by atoms with Gasteiger partial charge in [-0.3, -0.25) is 0 Å². The summed E-state index contributed by atoms with van der Waals surface area (Å²) in [6, 6.07) is 0.0307. The molecular formula is C9H16N2O. The second kappa shape index (κ2) is 2.96. The normalized spacial score (nSPS) is 27.8. The molecule has 2 fully saturated rings. The Kier molecular flexibility index (Phi) is 1.95. The van der Waals surface area contributed by atoms with Gasteiger partial charge in [0.15, 0.2) is 0 Å². The molecule has 1 saturated carbocycles. The zero-order valence-electron chi connectivity index (χ0n) is 7.36. The molecule has 0 radical (unpaired) electrons. The number of rotatable bonds is 0. The van der Waals surface area contributed by atoms with E-state index in [1.807, 2.05) is 0 Å². The Morgan fingerprint density at radius 2 is 1.83 bits per heavy atom. The van der Waals surface area contributed by atoms with E-state index in [0.717, 1.165) is 13.0 Å². The fourth-order valence-electron chi connectivity index (χ4n) is 2.37. The molecule has 0 bridgehead atoms. The van der Waals surface area contributed by atoms with Gasteiger partial charge in [0, 0.05) is 12.1 Å². The second-order valence-electron chi connectivity index (χ2n) is 3.97. The number of hydrogen-bond acceptors (Lipinski definition) is 1. The average molecular weight is 168 g/mol. The first-order valence-corrected chi connectivity index (χ1v) is 4.87. The number of amides is 2. The van der Waals surface area contributed by atoms with Crippen molar-refractivity contribution in [2.45, 2.75) is 44.1 Å². The van der Waals surface area contributed by atoms with E-state index >= 15 is 0 Å². The van der Waals surface area contributed by atoms with Crippen molar-refractivity contribution in [1.82, 2.24) is 10.6 Å². The standard InChI is InChI=1S/C9H16N2O/c12-8-10-7-6-9(11-8)4-2-1-3-5-9/h1-7H2,(H2,10,11,12). The van der Waals surface area contributed by atoms with Crippen molar-refractivity contribution in [3.05, 3.63) is 0 Å². The van der Waals surface area contributed by atoms with Crippen LogP contribution in [0.25, 0.3) is 0 Å². The predicted molar refractivity (Wildman–Crippen MR) is 47.0 cm³/mol. The molecule has 0 unspecified atom stereocenters. The molecule has 1 aliphatic carbocycles. The molecule has 2 aliphatic rings. The molecule has 68 valence electrons. The van der Waals surface area contributed by atoms with Crippen molar-refractivity contribution in [3.63, 3.8) is 0 Å². The fraction of sp³-hybridized carbons (Fsp3) is 0.889. The first-order chi connectivity index (χ1) is 5.81. The topological polar surface area (TPSA) is 41.1 Å². The highest BCUT2D eigenvalue weighted by Crippen LogP contribution is 2.31. The molecule has 0 atom stereocenters. The fourth-order valence-corrected chi connectivity index (χ4v) is 2.37. The van der Waals surface area contributed by atoms with E-state index in [4.69, 9.17) is 0 Å². The lowest BCUT2D eigenvalue weighted by atomic mass is 9.78. The second-order valence-corrected chi connectivity index (χ2v) is 3.97. The van der Waals surface area contributed by atoms with Crippen molar-refractivity contribution in [3.8, 4) is 0 Å². The first kappa shape index (κ1) is 7.90. The van der Waals surface area contributed by atoms with Gasteiger partial charge in [0.2, 0.25) is 0 Å². The third kappa shape index (κ3) is 1.40. The molecule has 0 aromatic carbocycles. The van der Waals surface area contributed by atoms with E-state index in [-0.39, 0.29) is 11.6 Å². The monoisotopic (exact) mass is 168 g/mol. The van der Waals surface area contributed by atoms with Crippen LogP contribution in [0.2, 0.25) is 0 Å². The minimum atomic E-state index is 0.0307. The third-order valence-electron chi connectivity index (χ3n) is 3.08. The lowest BCUT2D eigenvalue weighted by molar-refractivity contribution is 0.177. The molecule has 2 amide bonds. The van der Waals surface area contributed by atoms with Crippen LogP contribution >= 0.6 is 0 Å². The van der Waals surface area contributed by atoms with E-state index in [1.54, 1.807) is 0 Å². The lowest BCUT2D eigenvalue weighted by Crippen LogP contribution is -2.59. The molecule has 0 aromatic heterocycles. The Balaban J connectivity index is 2.02. The molecule has 1 saturated heterocycles. The van der Waals surface area contributed by atoms with E-state index in [0.29, 0.717) is 0 Å². The summed E-state index contributed by atoms with van der Waals surface area (Å²) in [6.45, 7) is 0.853. The molecule has 0 aromatic rings. The number of nitrogens with one attached hydrogen (secondary N) is 2. The summed E-state index contributed by atoms with van der Waals surface area (Å²) < 4.78 is 0. The Hall–Kier alpha value is -0.730. The van der Waals surface area contributed by atoms with Gasteiger partial charge < -0.3 is 10.6 Å². The number of carbonyl (C=O) groups is 1. The highest BCUT2D eigenvalue weighted by Gasteiger charge is 2.35. The lowest BCUT2D eigenvalue weighted by Gasteiger charge is -2.41. The Morgan fingerprint density at radius 3 is 2.50 bits per heavy atom. The summed E-state index contributed by atoms with van der Waals surface area (Å²) in [5.41, 5.74) is 0.167. The van der Waals surface area contributed by atoms with Crippen LogP contribution in [0.4, 0.5) is 4.79 Å². The maximum atomic E-state index is 11.1. The minimum Gasteiger partial charge on any atom is -0.338 e. The van der Waals surface area contributed by atoms with Crippen LogP contribution in [-0.4, -0.2) is 18.1 Å².